The van der Waals surface area contributed by atoms with E-state index in [9.17, 15) is 9.59 Å². The van der Waals surface area contributed by atoms with Crippen LogP contribution in [-0.2, 0) is 6.42 Å². The molecule has 3 aromatic rings. The molecular weight excluding hydrogens is 464 g/mol. The molecule has 0 atom stereocenters. The second-order valence-corrected chi connectivity index (χ2v) is 8.52. The molecule has 10 heteroatoms. The van der Waals surface area contributed by atoms with Gasteiger partial charge >= 0.3 is 11.7 Å². The van der Waals surface area contributed by atoms with Crippen LogP contribution in [0, 0.1) is 18.3 Å². The Balaban J connectivity index is 1.84. The molecule has 2 N–H and O–H groups in total. The van der Waals surface area contributed by atoms with Gasteiger partial charge in [0, 0.05) is 68.3 Å². The summed E-state index contributed by atoms with van der Waals surface area (Å²) in [5.74, 6) is 0.123. The first kappa shape index (κ1) is 24.5. The van der Waals surface area contributed by atoms with E-state index < -0.39 is 11.7 Å². The van der Waals surface area contributed by atoms with Crippen molar-refractivity contribution in [2.24, 2.45) is 0 Å². The van der Waals surface area contributed by atoms with Crippen LogP contribution in [0.25, 0.3) is 11.0 Å². The first-order chi connectivity index (χ1) is 15.8. The van der Waals surface area contributed by atoms with Gasteiger partial charge in [-0.05, 0) is 36.2 Å². The van der Waals surface area contributed by atoms with Crippen molar-refractivity contribution in [3.8, 4) is 11.8 Å². The zero-order chi connectivity index (χ0) is 24.0. The molecule has 0 aliphatic carbocycles. The summed E-state index contributed by atoms with van der Waals surface area (Å²) in [6, 6.07) is 12.8. The fraction of sp³-hybridized carbons (Fsp3) is 0.261. The number of fused-ring (bicyclic) bond motifs is 1. The number of aryl methyl sites for hydroxylation is 1. The van der Waals surface area contributed by atoms with Crippen molar-refractivity contribution in [3.05, 3.63) is 68.5 Å². The highest BCUT2D eigenvalue weighted by Crippen LogP contribution is 2.32. The zero-order valence-corrected chi connectivity index (χ0v) is 20.0. The van der Waals surface area contributed by atoms with Crippen LogP contribution < -0.4 is 19.8 Å². The van der Waals surface area contributed by atoms with Gasteiger partial charge in [-0.3, -0.25) is 0 Å². The van der Waals surface area contributed by atoms with E-state index in [1.54, 1.807) is 20.2 Å². The Morgan fingerprint density at radius 1 is 1.30 bits per heavy atom. The first-order valence-corrected chi connectivity index (χ1v) is 11.2. The van der Waals surface area contributed by atoms with Crippen LogP contribution in [0.4, 0.5) is 10.5 Å². The van der Waals surface area contributed by atoms with Gasteiger partial charge in [-0.15, -0.1) is 0 Å². The molecule has 172 valence electrons. The molecule has 0 aliphatic heterocycles. The molecule has 0 saturated heterocycles. The summed E-state index contributed by atoms with van der Waals surface area (Å²) in [4.78, 5) is 25.9. The Bertz CT molecular complexity index is 1270. The third kappa shape index (κ3) is 6.20. The van der Waals surface area contributed by atoms with Gasteiger partial charge in [0.1, 0.15) is 5.58 Å². The van der Waals surface area contributed by atoms with Gasteiger partial charge in [-0.1, -0.05) is 23.7 Å². The van der Waals surface area contributed by atoms with Crippen LogP contribution in [0.15, 0.2) is 45.6 Å². The van der Waals surface area contributed by atoms with E-state index in [0.717, 1.165) is 16.8 Å². The standard InChI is InChI=1S/C23H23ClN4O4S/c1-14-17-12-19(24)21(32-23(30)28(2)3)13-20(17)31-22(29)18(14)11-15-6-4-7-16(10-15)27-33-26-9-5-8-25/h4,6-7,10,12-13,26-27H,5,9,11H2,1-3H3. The number of carbonyl (C=O) groups is 1. The second-order valence-electron chi connectivity index (χ2n) is 7.42. The fourth-order valence-corrected chi connectivity index (χ4v) is 3.78. The van der Waals surface area contributed by atoms with Gasteiger partial charge < -0.3 is 18.8 Å². The number of nitrogens with zero attached hydrogens (tertiary/aromatic N) is 2. The highest BCUT2D eigenvalue weighted by Gasteiger charge is 2.17. The molecule has 0 radical (unpaired) electrons. The highest BCUT2D eigenvalue weighted by molar-refractivity contribution is 7.98. The molecule has 0 spiro atoms. The molecule has 0 bridgehead atoms. The minimum atomic E-state index is -0.584. The predicted molar refractivity (Wildman–Crippen MR) is 131 cm³/mol. The zero-order valence-electron chi connectivity index (χ0n) is 18.4. The maximum atomic E-state index is 12.8. The Labute approximate surface area is 200 Å². The lowest BCUT2D eigenvalue weighted by atomic mass is 9.99. The molecule has 33 heavy (non-hydrogen) atoms. The molecular formula is C23H23ClN4O4S. The largest absolute Gasteiger partial charge is 0.422 e. The summed E-state index contributed by atoms with van der Waals surface area (Å²) in [6.07, 6.45) is 0.218. The molecule has 2 aromatic carbocycles. The molecule has 0 unspecified atom stereocenters. The number of hydrogen-bond acceptors (Lipinski definition) is 8. The van der Waals surface area contributed by atoms with Crippen LogP contribution in [-0.4, -0.2) is 31.6 Å². The van der Waals surface area contributed by atoms with Crippen LogP contribution in [0.1, 0.15) is 23.1 Å². The summed E-state index contributed by atoms with van der Waals surface area (Å²) >= 11 is 7.62. The van der Waals surface area contributed by atoms with Crippen LogP contribution in [0.3, 0.4) is 0 Å². The lowest BCUT2D eigenvalue weighted by Crippen LogP contribution is -2.25. The second kappa shape index (κ2) is 11.1. The topological polar surface area (TPSA) is 108 Å². The summed E-state index contributed by atoms with van der Waals surface area (Å²) < 4.78 is 17.0. The van der Waals surface area contributed by atoms with Crippen LogP contribution >= 0.6 is 23.7 Å². The van der Waals surface area contributed by atoms with E-state index in [4.69, 9.17) is 26.0 Å². The predicted octanol–water partition coefficient (Wildman–Crippen LogP) is 4.88. The molecule has 0 aliphatic rings. The highest BCUT2D eigenvalue weighted by atomic mass is 35.5. The maximum Gasteiger partial charge on any atom is 0.414 e. The number of ether oxygens (including phenoxy) is 1. The monoisotopic (exact) mass is 486 g/mol. The number of nitrogens with one attached hydrogen (secondary N) is 2. The maximum absolute atomic E-state index is 12.8. The number of carbonyl (C=O) groups excluding carboxylic acids is 1. The van der Waals surface area contributed by atoms with Crippen LogP contribution in [0.2, 0.25) is 5.02 Å². The number of rotatable bonds is 8. The van der Waals surface area contributed by atoms with E-state index in [0.29, 0.717) is 35.9 Å². The minimum Gasteiger partial charge on any atom is -0.422 e. The van der Waals surface area contributed by atoms with E-state index in [1.165, 1.54) is 23.1 Å². The molecule has 3 rings (SSSR count). The lowest BCUT2D eigenvalue weighted by molar-refractivity contribution is 0.172. The van der Waals surface area contributed by atoms with Crippen molar-refractivity contribution >= 4 is 46.5 Å². The number of nitriles is 1. The molecule has 1 amide bonds. The Kier molecular flexibility index (Phi) is 8.22. The third-order valence-corrected chi connectivity index (χ3v) is 5.77. The minimum absolute atomic E-state index is 0.123. The van der Waals surface area contributed by atoms with Gasteiger partial charge in [-0.2, -0.15) is 5.26 Å². The molecule has 0 fully saturated rings. The SMILES string of the molecule is Cc1c(Cc2cccc(NSNCCC#N)c2)c(=O)oc2cc(OC(=O)N(C)C)c(Cl)cc12. The van der Waals surface area contributed by atoms with Gasteiger partial charge in [0.05, 0.1) is 11.1 Å². The Morgan fingerprint density at radius 3 is 2.82 bits per heavy atom. The van der Waals surface area contributed by atoms with Crippen molar-refractivity contribution in [2.45, 2.75) is 19.8 Å². The van der Waals surface area contributed by atoms with Crippen molar-refractivity contribution in [3.63, 3.8) is 0 Å². The average molecular weight is 487 g/mol. The number of halogens is 1. The van der Waals surface area contributed by atoms with Crippen molar-refractivity contribution in [1.82, 2.24) is 9.62 Å². The fourth-order valence-electron chi connectivity index (χ4n) is 3.06. The number of benzene rings is 2. The van der Waals surface area contributed by atoms with E-state index >= 15 is 0 Å². The Morgan fingerprint density at radius 2 is 2.09 bits per heavy atom. The van der Waals surface area contributed by atoms with Crippen molar-refractivity contribution < 1.29 is 13.9 Å². The first-order valence-electron chi connectivity index (χ1n) is 10.1. The summed E-state index contributed by atoms with van der Waals surface area (Å²) in [5, 5.41) is 9.49. The van der Waals surface area contributed by atoms with E-state index in [-0.39, 0.29) is 10.8 Å². The molecule has 0 saturated carbocycles. The van der Waals surface area contributed by atoms with Gasteiger partial charge in [0.15, 0.2) is 5.75 Å². The van der Waals surface area contributed by atoms with E-state index in [1.807, 2.05) is 31.2 Å². The van der Waals surface area contributed by atoms with Crippen molar-refractivity contribution in [2.75, 3.05) is 25.4 Å². The van der Waals surface area contributed by atoms with Gasteiger partial charge in [0.2, 0.25) is 0 Å². The van der Waals surface area contributed by atoms with Crippen molar-refractivity contribution in [1.29, 1.82) is 5.26 Å². The average Bonchev–Trinajstić information content (AvgIpc) is 2.78. The lowest BCUT2D eigenvalue weighted by Gasteiger charge is -2.14. The van der Waals surface area contributed by atoms with Gasteiger partial charge in [-0.25, -0.2) is 14.3 Å². The summed E-state index contributed by atoms with van der Waals surface area (Å²) in [7, 11) is 3.12. The number of anilines is 1. The summed E-state index contributed by atoms with van der Waals surface area (Å²) in [6.45, 7) is 2.41. The normalized spacial score (nSPS) is 10.6. The number of hydrogen-bond donors (Lipinski definition) is 2. The smallest absolute Gasteiger partial charge is 0.414 e. The molecule has 1 heterocycles. The quantitative estimate of drug-likeness (QED) is 0.263. The third-order valence-electron chi connectivity index (χ3n) is 4.79. The van der Waals surface area contributed by atoms with E-state index in [2.05, 4.69) is 15.5 Å². The number of amides is 1. The Hall–Kier alpha value is -3.19. The molecule has 8 nitrogen and oxygen atoms in total. The van der Waals surface area contributed by atoms with Gasteiger partial charge in [0.25, 0.3) is 0 Å². The molecule has 1 aromatic heterocycles. The summed E-state index contributed by atoms with van der Waals surface area (Å²) in [5.41, 5.74) is 2.89. The van der Waals surface area contributed by atoms with Crippen LogP contribution in [0.5, 0.6) is 5.75 Å².